The number of nitro groups is 1. The zero-order valence-corrected chi connectivity index (χ0v) is 11.0. The Hall–Kier alpha value is -2.15. The maximum atomic E-state index is 11.4. The van der Waals surface area contributed by atoms with Crippen LogP contribution in [0.4, 0.5) is 5.69 Å². The number of nitrogens with zero attached hydrogens (tertiary/aromatic N) is 1. The monoisotopic (exact) mass is 279 g/mol. The van der Waals surface area contributed by atoms with E-state index < -0.39 is 10.8 Å². The Kier molecular flexibility index (Phi) is 4.19. The van der Waals surface area contributed by atoms with Gasteiger partial charge in [0.2, 0.25) is 0 Å². The van der Waals surface area contributed by atoms with Gasteiger partial charge >= 0.3 is 0 Å². The predicted octanol–water partition coefficient (Wildman–Crippen LogP) is 1.34. The summed E-state index contributed by atoms with van der Waals surface area (Å²) in [4.78, 5) is 21.5. The SMILES string of the molecule is NC(=O)c1cc([N+](=O)[O-])ccc1OC1CCC(N)CC1. The average Bonchev–Trinajstić information content (AvgIpc) is 2.41. The summed E-state index contributed by atoms with van der Waals surface area (Å²) in [5, 5.41) is 10.7. The molecule has 1 aliphatic carbocycles. The van der Waals surface area contributed by atoms with Crippen LogP contribution in [0.15, 0.2) is 18.2 Å². The Morgan fingerprint density at radius 3 is 2.50 bits per heavy atom. The summed E-state index contributed by atoms with van der Waals surface area (Å²) in [7, 11) is 0. The van der Waals surface area contributed by atoms with Gasteiger partial charge in [0.15, 0.2) is 0 Å². The maximum Gasteiger partial charge on any atom is 0.270 e. The van der Waals surface area contributed by atoms with Gasteiger partial charge in [0, 0.05) is 18.2 Å². The summed E-state index contributed by atoms with van der Waals surface area (Å²) in [6.07, 6.45) is 3.30. The number of rotatable bonds is 4. The van der Waals surface area contributed by atoms with E-state index in [0.717, 1.165) is 31.7 Å². The molecule has 0 saturated heterocycles. The van der Waals surface area contributed by atoms with E-state index in [0.29, 0.717) is 5.75 Å². The molecule has 20 heavy (non-hydrogen) atoms. The second-order valence-electron chi connectivity index (χ2n) is 4.96. The van der Waals surface area contributed by atoms with Gasteiger partial charge in [0.1, 0.15) is 5.75 Å². The molecular formula is C13H17N3O4. The van der Waals surface area contributed by atoms with Crippen LogP contribution in [0, 0.1) is 10.1 Å². The molecule has 1 fully saturated rings. The zero-order valence-electron chi connectivity index (χ0n) is 11.0. The minimum atomic E-state index is -0.740. The molecule has 1 aromatic rings. The highest BCUT2D eigenvalue weighted by molar-refractivity contribution is 5.96. The van der Waals surface area contributed by atoms with E-state index in [1.807, 2.05) is 0 Å². The van der Waals surface area contributed by atoms with Crippen LogP contribution in [-0.2, 0) is 0 Å². The van der Waals surface area contributed by atoms with Crippen molar-refractivity contribution in [2.75, 3.05) is 0 Å². The number of hydrogen-bond donors (Lipinski definition) is 2. The molecule has 7 heteroatoms. The number of benzene rings is 1. The van der Waals surface area contributed by atoms with Crippen molar-refractivity contribution in [1.82, 2.24) is 0 Å². The maximum absolute atomic E-state index is 11.4. The molecule has 7 nitrogen and oxygen atoms in total. The summed E-state index contributed by atoms with van der Waals surface area (Å²) in [5.74, 6) is -0.445. The minimum Gasteiger partial charge on any atom is -0.490 e. The van der Waals surface area contributed by atoms with Gasteiger partial charge in [-0.15, -0.1) is 0 Å². The molecule has 0 atom stereocenters. The second kappa shape index (κ2) is 5.87. The molecule has 1 aromatic carbocycles. The lowest BCUT2D eigenvalue weighted by atomic mass is 9.93. The van der Waals surface area contributed by atoms with Crippen LogP contribution in [0.5, 0.6) is 5.75 Å². The third kappa shape index (κ3) is 3.24. The van der Waals surface area contributed by atoms with Crippen molar-refractivity contribution in [3.05, 3.63) is 33.9 Å². The number of hydrogen-bond acceptors (Lipinski definition) is 5. The van der Waals surface area contributed by atoms with E-state index in [2.05, 4.69) is 0 Å². The van der Waals surface area contributed by atoms with Crippen LogP contribution < -0.4 is 16.2 Å². The van der Waals surface area contributed by atoms with Gasteiger partial charge in [0.25, 0.3) is 11.6 Å². The first-order valence-electron chi connectivity index (χ1n) is 6.48. The molecule has 0 aliphatic heterocycles. The lowest BCUT2D eigenvalue weighted by molar-refractivity contribution is -0.384. The first-order valence-corrected chi connectivity index (χ1v) is 6.48. The molecule has 0 radical (unpaired) electrons. The van der Waals surface area contributed by atoms with Crippen molar-refractivity contribution in [3.8, 4) is 5.75 Å². The first-order chi connectivity index (χ1) is 9.47. The number of ether oxygens (including phenoxy) is 1. The van der Waals surface area contributed by atoms with E-state index in [4.69, 9.17) is 16.2 Å². The number of nitrogens with two attached hydrogens (primary N) is 2. The minimum absolute atomic E-state index is 0.0330. The van der Waals surface area contributed by atoms with Crippen LogP contribution in [0.2, 0.25) is 0 Å². The highest BCUT2D eigenvalue weighted by atomic mass is 16.6. The number of primary amides is 1. The first kappa shape index (κ1) is 14.3. The van der Waals surface area contributed by atoms with E-state index in [1.165, 1.54) is 12.1 Å². The zero-order chi connectivity index (χ0) is 14.7. The van der Waals surface area contributed by atoms with Crippen molar-refractivity contribution in [2.45, 2.75) is 37.8 Å². The lowest BCUT2D eigenvalue weighted by Crippen LogP contribution is -2.32. The van der Waals surface area contributed by atoms with E-state index in [1.54, 1.807) is 0 Å². The topological polar surface area (TPSA) is 121 Å². The van der Waals surface area contributed by atoms with Crippen molar-refractivity contribution in [3.63, 3.8) is 0 Å². The summed E-state index contributed by atoms with van der Waals surface area (Å²) in [5.41, 5.74) is 10.9. The fourth-order valence-corrected chi connectivity index (χ4v) is 2.31. The van der Waals surface area contributed by atoms with Gasteiger partial charge in [-0.2, -0.15) is 0 Å². The van der Waals surface area contributed by atoms with Gasteiger partial charge in [0.05, 0.1) is 16.6 Å². The summed E-state index contributed by atoms with van der Waals surface area (Å²) in [6.45, 7) is 0. The molecule has 0 bridgehead atoms. The number of nitro benzene ring substituents is 1. The molecule has 0 heterocycles. The average molecular weight is 279 g/mol. The number of non-ortho nitro benzene ring substituents is 1. The van der Waals surface area contributed by atoms with Gasteiger partial charge < -0.3 is 16.2 Å². The molecule has 108 valence electrons. The molecule has 2 rings (SSSR count). The Morgan fingerprint density at radius 1 is 1.30 bits per heavy atom. The van der Waals surface area contributed by atoms with Crippen LogP contribution in [0.25, 0.3) is 0 Å². The Labute approximate surface area is 116 Å². The lowest BCUT2D eigenvalue weighted by Gasteiger charge is -2.27. The molecule has 1 amide bonds. The standard InChI is InChI=1S/C13H17N3O4/c14-8-1-4-10(5-2-8)20-12-6-3-9(16(18)19)7-11(12)13(15)17/h3,6-8,10H,1-2,4-5,14H2,(H2,15,17). The highest BCUT2D eigenvalue weighted by Crippen LogP contribution is 2.28. The highest BCUT2D eigenvalue weighted by Gasteiger charge is 2.23. The van der Waals surface area contributed by atoms with Crippen molar-refractivity contribution in [1.29, 1.82) is 0 Å². The summed E-state index contributed by atoms with van der Waals surface area (Å²) in [6, 6.07) is 4.07. The normalized spacial score (nSPS) is 22.2. The molecule has 1 saturated carbocycles. The molecular weight excluding hydrogens is 262 g/mol. The smallest absolute Gasteiger partial charge is 0.270 e. The predicted molar refractivity (Wildman–Crippen MR) is 72.5 cm³/mol. The van der Waals surface area contributed by atoms with Gasteiger partial charge in [-0.25, -0.2) is 0 Å². The molecule has 0 aromatic heterocycles. The van der Waals surface area contributed by atoms with Crippen molar-refractivity contribution >= 4 is 11.6 Å². The fraction of sp³-hybridized carbons (Fsp3) is 0.462. The van der Waals surface area contributed by atoms with E-state index in [-0.39, 0.29) is 23.4 Å². The van der Waals surface area contributed by atoms with Crippen molar-refractivity contribution < 1.29 is 14.5 Å². The molecule has 0 spiro atoms. The number of amides is 1. The van der Waals surface area contributed by atoms with Crippen LogP contribution in [0.3, 0.4) is 0 Å². The van der Waals surface area contributed by atoms with Gasteiger partial charge in [-0.1, -0.05) is 0 Å². The van der Waals surface area contributed by atoms with Crippen LogP contribution in [-0.4, -0.2) is 23.0 Å². The number of carbonyl (C=O) groups excluding carboxylic acids is 1. The Balaban J connectivity index is 2.18. The molecule has 4 N–H and O–H groups in total. The molecule has 1 aliphatic rings. The third-order valence-corrected chi connectivity index (χ3v) is 3.45. The van der Waals surface area contributed by atoms with Crippen LogP contribution >= 0.6 is 0 Å². The second-order valence-corrected chi connectivity index (χ2v) is 4.96. The Bertz CT molecular complexity index is 524. The van der Waals surface area contributed by atoms with Crippen molar-refractivity contribution in [2.24, 2.45) is 11.5 Å². The third-order valence-electron chi connectivity index (χ3n) is 3.45. The van der Waals surface area contributed by atoms with Gasteiger partial charge in [-0.3, -0.25) is 14.9 Å². The largest absolute Gasteiger partial charge is 0.490 e. The summed E-state index contributed by atoms with van der Waals surface area (Å²) < 4.78 is 5.75. The van der Waals surface area contributed by atoms with Gasteiger partial charge in [-0.05, 0) is 31.7 Å². The summed E-state index contributed by atoms with van der Waals surface area (Å²) >= 11 is 0. The Morgan fingerprint density at radius 2 is 1.95 bits per heavy atom. The van der Waals surface area contributed by atoms with Crippen LogP contribution in [0.1, 0.15) is 36.0 Å². The number of carbonyl (C=O) groups is 1. The quantitative estimate of drug-likeness (QED) is 0.636. The fourth-order valence-electron chi connectivity index (χ4n) is 2.31. The van der Waals surface area contributed by atoms with E-state index in [9.17, 15) is 14.9 Å². The molecule has 0 unspecified atom stereocenters. The van der Waals surface area contributed by atoms with E-state index >= 15 is 0 Å².